The van der Waals surface area contributed by atoms with Crippen LogP contribution in [0.1, 0.15) is 36.1 Å². The fraction of sp³-hybridized carbons (Fsp3) is 0.458. The molecular weight excluding hydrogens is 397 g/mol. The molecule has 0 spiro atoms. The lowest BCUT2D eigenvalue weighted by Gasteiger charge is -2.15. The van der Waals surface area contributed by atoms with Crippen molar-refractivity contribution in [3.05, 3.63) is 64.5 Å². The number of rotatable bonds is 12. The highest BCUT2D eigenvalue weighted by molar-refractivity contribution is 5.79. The third-order valence-electron chi connectivity index (χ3n) is 4.53. The smallest absolute Gasteiger partial charge is 0.191 e. The second kappa shape index (κ2) is 13.6. The molecule has 0 bridgehead atoms. The van der Waals surface area contributed by atoms with Gasteiger partial charge < -0.3 is 24.8 Å². The summed E-state index contributed by atoms with van der Waals surface area (Å²) in [5.74, 6) is 1.25. The Kier molecular flexibility index (Phi) is 10.8. The number of ether oxygens (including phenoxy) is 3. The number of halogens is 1. The zero-order valence-corrected chi connectivity index (χ0v) is 19.0. The summed E-state index contributed by atoms with van der Waals surface area (Å²) in [6, 6.07) is 11.1. The molecule has 6 nitrogen and oxygen atoms in total. The van der Waals surface area contributed by atoms with Crippen molar-refractivity contribution in [1.82, 2.24) is 10.6 Å². The van der Waals surface area contributed by atoms with Crippen molar-refractivity contribution in [3.8, 4) is 5.75 Å². The van der Waals surface area contributed by atoms with Gasteiger partial charge in [-0.05, 0) is 50.1 Å². The number of hydrogen-bond acceptors (Lipinski definition) is 4. The first kappa shape index (κ1) is 24.6. The number of benzene rings is 2. The van der Waals surface area contributed by atoms with Crippen LogP contribution in [0.25, 0.3) is 0 Å². The third-order valence-corrected chi connectivity index (χ3v) is 4.53. The van der Waals surface area contributed by atoms with E-state index in [0.717, 1.165) is 29.0 Å². The summed E-state index contributed by atoms with van der Waals surface area (Å²) in [5.41, 5.74) is 3.62. The van der Waals surface area contributed by atoms with Gasteiger partial charge in [-0.3, -0.25) is 0 Å². The van der Waals surface area contributed by atoms with Gasteiger partial charge in [-0.1, -0.05) is 18.2 Å². The average molecular weight is 432 g/mol. The van der Waals surface area contributed by atoms with E-state index < -0.39 is 0 Å². The van der Waals surface area contributed by atoms with Crippen LogP contribution in [0, 0.1) is 12.7 Å². The molecule has 0 atom stereocenters. The number of aryl methyl sites for hydroxylation is 1. The Morgan fingerprint density at radius 3 is 2.61 bits per heavy atom. The van der Waals surface area contributed by atoms with Crippen LogP contribution in [-0.4, -0.2) is 39.4 Å². The minimum absolute atomic E-state index is 0.237. The Balaban J connectivity index is 2.04. The van der Waals surface area contributed by atoms with Gasteiger partial charge >= 0.3 is 0 Å². The van der Waals surface area contributed by atoms with Crippen LogP contribution in [0.5, 0.6) is 5.75 Å². The van der Waals surface area contributed by atoms with Crippen molar-refractivity contribution in [2.45, 2.75) is 40.5 Å². The molecule has 0 aromatic heterocycles. The molecule has 0 fully saturated rings. The molecule has 2 aromatic carbocycles. The Labute approximate surface area is 184 Å². The van der Waals surface area contributed by atoms with E-state index in [2.05, 4.69) is 27.8 Å². The lowest BCUT2D eigenvalue weighted by Crippen LogP contribution is -2.36. The largest absolute Gasteiger partial charge is 0.491 e. The number of nitrogens with one attached hydrogen (secondary N) is 2. The Morgan fingerprint density at radius 2 is 1.87 bits per heavy atom. The van der Waals surface area contributed by atoms with E-state index >= 15 is 0 Å². The predicted octanol–water partition coefficient (Wildman–Crippen LogP) is 3.95. The maximum atomic E-state index is 13.8. The number of nitrogens with zero attached hydrogens (tertiary/aromatic N) is 1. The second-order valence-corrected chi connectivity index (χ2v) is 7.06. The Hall–Kier alpha value is -2.64. The highest BCUT2D eigenvalue weighted by Crippen LogP contribution is 2.20. The SMILES string of the molecule is CCNC(=NCc1ccc(F)c(COC)c1)NCc1ccc(C)cc1OCCOCC. The summed E-state index contributed by atoms with van der Waals surface area (Å²) in [5, 5.41) is 6.59. The summed E-state index contributed by atoms with van der Waals surface area (Å²) in [4.78, 5) is 4.63. The number of aliphatic imine (C=N–C) groups is 1. The lowest BCUT2D eigenvalue weighted by atomic mass is 10.1. The number of methoxy groups -OCH3 is 1. The summed E-state index contributed by atoms with van der Waals surface area (Å²) < 4.78 is 30.2. The molecule has 31 heavy (non-hydrogen) atoms. The predicted molar refractivity (Wildman–Crippen MR) is 122 cm³/mol. The summed E-state index contributed by atoms with van der Waals surface area (Å²) >= 11 is 0. The highest BCUT2D eigenvalue weighted by atomic mass is 19.1. The first-order valence-electron chi connectivity index (χ1n) is 10.7. The van der Waals surface area contributed by atoms with Crippen molar-refractivity contribution in [1.29, 1.82) is 0 Å². The van der Waals surface area contributed by atoms with E-state index in [1.165, 1.54) is 6.07 Å². The monoisotopic (exact) mass is 431 g/mol. The van der Waals surface area contributed by atoms with E-state index in [9.17, 15) is 4.39 Å². The maximum Gasteiger partial charge on any atom is 0.191 e. The van der Waals surface area contributed by atoms with E-state index in [1.54, 1.807) is 19.2 Å². The van der Waals surface area contributed by atoms with Gasteiger partial charge in [-0.15, -0.1) is 0 Å². The molecule has 0 aliphatic carbocycles. The highest BCUT2D eigenvalue weighted by Gasteiger charge is 2.07. The first-order valence-corrected chi connectivity index (χ1v) is 10.7. The average Bonchev–Trinajstić information content (AvgIpc) is 2.76. The molecule has 2 N–H and O–H groups in total. The van der Waals surface area contributed by atoms with Crippen molar-refractivity contribution in [3.63, 3.8) is 0 Å². The van der Waals surface area contributed by atoms with Gasteiger partial charge in [0.1, 0.15) is 18.2 Å². The zero-order chi connectivity index (χ0) is 22.5. The molecule has 0 radical (unpaired) electrons. The molecule has 0 saturated heterocycles. The van der Waals surface area contributed by atoms with E-state index in [-0.39, 0.29) is 12.4 Å². The van der Waals surface area contributed by atoms with Gasteiger partial charge in [-0.2, -0.15) is 0 Å². The van der Waals surface area contributed by atoms with Gasteiger partial charge in [0.25, 0.3) is 0 Å². The molecule has 2 rings (SSSR count). The fourth-order valence-corrected chi connectivity index (χ4v) is 2.98. The Bertz CT molecular complexity index is 843. The van der Waals surface area contributed by atoms with Crippen LogP contribution < -0.4 is 15.4 Å². The summed E-state index contributed by atoms with van der Waals surface area (Å²) in [6.45, 7) is 9.72. The van der Waals surface area contributed by atoms with Crippen LogP contribution in [0.2, 0.25) is 0 Å². The molecule has 2 aromatic rings. The second-order valence-electron chi connectivity index (χ2n) is 7.06. The van der Waals surface area contributed by atoms with Crippen LogP contribution in [0.3, 0.4) is 0 Å². The van der Waals surface area contributed by atoms with Crippen LogP contribution in [-0.2, 0) is 29.2 Å². The summed E-state index contributed by atoms with van der Waals surface area (Å²) in [7, 11) is 1.55. The normalized spacial score (nSPS) is 11.5. The molecule has 0 unspecified atom stereocenters. The van der Waals surface area contributed by atoms with Crippen LogP contribution in [0.4, 0.5) is 4.39 Å². The van der Waals surface area contributed by atoms with E-state index in [4.69, 9.17) is 14.2 Å². The van der Waals surface area contributed by atoms with E-state index in [0.29, 0.717) is 44.4 Å². The maximum absolute atomic E-state index is 13.8. The standard InChI is InChI=1S/C24H34FN3O3/c1-5-26-24(27-15-19-8-10-22(25)21(14-19)17-29-4)28-16-20-9-7-18(3)13-23(20)31-12-11-30-6-2/h7-10,13-14H,5-6,11-12,15-17H2,1-4H3,(H2,26,27,28). The number of hydrogen-bond donors (Lipinski definition) is 2. The van der Waals surface area contributed by atoms with Gasteiger partial charge in [0.15, 0.2) is 5.96 Å². The van der Waals surface area contributed by atoms with Gasteiger partial charge in [0.2, 0.25) is 0 Å². The van der Waals surface area contributed by atoms with Crippen molar-refractivity contribution in [2.24, 2.45) is 4.99 Å². The molecule has 0 heterocycles. The van der Waals surface area contributed by atoms with E-state index in [1.807, 2.05) is 26.8 Å². The summed E-state index contributed by atoms with van der Waals surface area (Å²) in [6.07, 6.45) is 0. The Morgan fingerprint density at radius 1 is 1.03 bits per heavy atom. The van der Waals surface area contributed by atoms with Crippen molar-refractivity contribution < 1.29 is 18.6 Å². The minimum Gasteiger partial charge on any atom is -0.491 e. The minimum atomic E-state index is -0.268. The van der Waals surface area contributed by atoms with Gasteiger partial charge in [0, 0.05) is 37.9 Å². The molecule has 170 valence electrons. The molecule has 0 amide bonds. The third kappa shape index (κ3) is 8.55. The molecule has 0 aliphatic heterocycles. The van der Waals surface area contributed by atoms with Crippen molar-refractivity contribution >= 4 is 5.96 Å². The van der Waals surface area contributed by atoms with Crippen LogP contribution >= 0.6 is 0 Å². The van der Waals surface area contributed by atoms with Crippen LogP contribution in [0.15, 0.2) is 41.4 Å². The number of guanidine groups is 1. The molecule has 7 heteroatoms. The fourth-order valence-electron chi connectivity index (χ4n) is 2.98. The first-order chi connectivity index (χ1) is 15.1. The van der Waals surface area contributed by atoms with Gasteiger partial charge in [0.05, 0.1) is 19.8 Å². The molecule has 0 saturated carbocycles. The molecular formula is C24H34FN3O3. The van der Waals surface area contributed by atoms with Crippen molar-refractivity contribution in [2.75, 3.05) is 33.5 Å². The lowest BCUT2D eigenvalue weighted by molar-refractivity contribution is 0.110. The zero-order valence-electron chi connectivity index (χ0n) is 19.0. The molecule has 0 aliphatic rings. The quantitative estimate of drug-likeness (QED) is 0.303. The van der Waals surface area contributed by atoms with Gasteiger partial charge in [-0.25, -0.2) is 9.38 Å². The topological polar surface area (TPSA) is 64.1 Å².